The highest BCUT2D eigenvalue weighted by Crippen LogP contribution is 2.47. The molecule has 2 heterocycles. The summed E-state index contributed by atoms with van der Waals surface area (Å²) < 4.78 is 0. The fourth-order valence-corrected chi connectivity index (χ4v) is 2.84. The van der Waals surface area contributed by atoms with E-state index in [2.05, 4.69) is 11.8 Å². The fraction of sp³-hybridized carbons (Fsp3) is 1.00. The van der Waals surface area contributed by atoms with Crippen molar-refractivity contribution in [2.45, 2.75) is 31.7 Å². The summed E-state index contributed by atoms with van der Waals surface area (Å²) in [7, 11) is 0. The van der Waals surface area contributed by atoms with Crippen LogP contribution in [0.2, 0.25) is 0 Å². The van der Waals surface area contributed by atoms with Crippen molar-refractivity contribution in [1.82, 2.24) is 4.90 Å². The third kappa shape index (κ3) is 0.926. The van der Waals surface area contributed by atoms with Gasteiger partial charge in [0.05, 0.1) is 0 Å². The molecule has 2 aliphatic heterocycles. The monoisotopic (exact) mass is 154 g/mol. The van der Waals surface area contributed by atoms with Gasteiger partial charge in [-0.1, -0.05) is 6.92 Å². The lowest BCUT2D eigenvalue weighted by molar-refractivity contribution is -0.0675. The maximum Gasteiger partial charge on any atom is 0.0336 e. The maximum atomic E-state index is 5.80. The summed E-state index contributed by atoms with van der Waals surface area (Å²) in [5.41, 5.74) is 6.24. The number of fused-ring (bicyclic) bond motifs is 2. The molecule has 11 heavy (non-hydrogen) atoms. The van der Waals surface area contributed by atoms with Crippen LogP contribution in [-0.4, -0.2) is 30.1 Å². The molecule has 0 atom stereocenters. The lowest BCUT2D eigenvalue weighted by atomic mass is 9.63. The minimum Gasteiger partial charge on any atom is -0.329 e. The van der Waals surface area contributed by atoms with Crippen molar-refractivity contribution in [3.8, 4) is 0 Å². The zero-order valence-corrected chi connectivity index (χ0v) is 7.34. The number of hydrogen-bond acceptors (Lipinski definition) is 2. The quantitative estimate of drug-likeness (QED) is 0.638. The Morgan fingerprint density at radius 2 is 2.27 bits per heavy atom. The first-order chi connectivity index (χ1) is 5.30. The van der Waals surface area contributed by atoms with Crippen LogP contribution in [0.5, 0.6) is 0 Å². The molecule has 0 unspecified atom stereocenters. The van der Waals surface area contributed by atoms with Crippen LogP contribution in [0.25, 0.3) is 0 Å². The molecule has 2 saturated heterocycles. The van der Waals surface area contributed by atoms with E-state index >= 15 is 0 Å². The van der Waals surface area contributed by atoms with E-state index in [1.165, 1.54) is 32.4 Å². The van der Waals surface area contributed by atoms with Crippen LogP contribution in [0.1, 0.15) is 26.2 Å². The van der Waals surface area contributed by atoms with Crippen LogP contribution in [0.15, 0.2) is 0 Å². The average Bonchev–Trinajstić information content (AvgIpc) is 2.02. The van der Waals surface area contributed by atoms with Gasteiger partial charge in [-0.25, -0.2) is 0 Å². The Morgan fingerprint density at radius 1 is 1.55 bits per heavy atom. The zero-order valence-electron chi connectivity index (χ0n) is 7.34. The van der Waals surface area contributed by atoms with Gasteiger partial charge in [0.25, 0.3) is 0 Å². The third-order valence-corrected chi connectivity index (χ3v) is 3.58. The number of hydrogen-bond donors (Lipinski definition) is 1. The molecule has 0 spiro atoms. The summed E-state index contributed by atoms with van der Waals surface area (Å²) in [6.07, 6.45) is 4.16. The molecular formula is C9H18N2. The van der Waals surface area contributed by atoms with Gasteiger partial charge in [0, 0.05) is 12.1 Å². The predicted octanol–water partition coefficient (Wildman–Crippen LogP) is 0.820. The van der Waals surface area contributed by atoms with Gasteiger partial charge < -0.3 is 5.73 Å². The SMILES string of the molecule is CCN1CCC2CC1(CN)C2. The minimum absolute atomic E-state index is 0.442. The van der Waals surface area contributed by atoms with Crippen molar-refractivity contribution in [3.63, 3.8) is 0 Å². The smallest absolute Gasteiger partial charge is 0.0336 e. The number of nitrogens with two attached hydrogens (primary N) is 1. The molecule has 1 saturated carbocycles. The fourth-order valence-electron chi connectivity index (χ4n) is 2.84. The van der Waals surface area contributed by atoms with Crippen molar-refractivity contribution in [2.24, 2.45) is 11.7 Å². The topological polar surface area (TPSA) is 29.3 Å². The second-order valence-corrected chi connectivity index (χ2v) is 4.07. The first kappa shape index (κ1) is 7.56. The van der Waals surface area contributed by atoms with Crippen LogP contribution >= 0.6 is 0 Å². The van der Waals surface area contributed by atoms with Crippen LogP contribution in [0, 0.1) is 5.92 Å². The van der Waals surface area contributed by atoms with Crippen molar-refractivity contribution in [1.29, 1.82) is 0 Å². The summed E-state index contributed by atoms with van der Waals surface area (Å²) in [6.45, 7) is 5.59. The summed E-state index contributed by atoms with van der Waals surface area (Å²) in [4.78, 5) is 2.58. The van der Waals surface area contributed by atoms with E-state index in [-0.39, 0.29) is 0 Å². The zero-order chi connectivity index (χ0) is 7.90. The van der Waals surface area contributed by atoms with Crippen molar-refractivity contribution >= 4 is 0 Å². The van der Waals surface area contributed by atoms with E-state index < -0.39 is 0 Å². The highest BCUT2D eigenvalue weighted by Gasteiger charge is 2.50. The Kier molecular flexibility index (Phi) is 1.69. The molecule has 2 N–H and O–H groups in total. The van der Waals surface area contributed by atoms with Crippen molar-refractivity contribution < 1.29 is 0 Å². The molecule has 0 aromatic heterocycles. The van der Waals surface area contributed by atoms with Gasteiger partial charge in [-0.2, -0.15) is 0 Å². The molecule has 3 aliphatic rings. The first-order valence-electron chi connectivity index (χ1n) is 4.76. The highest BCUT2D eigenvalue weighted by molar-refractivity contribution is 5.06. The minimum atomic E-state index is 0.442. The van der Waals surface area contributed by atoms with Crippen LogP contribution in [0.4, 0.5) is 0 Å². The molecule has 3 rings (SSSR count). The molecular weight excluding hydrogens is 136 g/mol. The second-order valence-electron chi connectivity index (χ2n) is 4.07. The van der Waals surface area contributed by atoms with Crippen LogP contribution < -0.4 is 5.73 Å². The molecule has 0 amide bonds. The average molecular weight is 154 g/mol. The lowest BCUT2D eigenvalue weighted by Gasteiger charge is -2.59. The number of piperidine rings is 2. The lowest BCUT2D eigenvalue weighted by Crippen LogP contribution is -2.65. The number of nitrogens with zero attached hydrogens (tertiary/aromatic N) is 1. The molecule has 2 bridgehead atoms. The molecule has 2 heteroatoms. The molecule has 0 aromatic rings. The summed E-state index contributed by atoms with van der Waals surface area (Å²) >= 11 is 0. The summed E-state index contributed by atoms with van der Waals surface area (Å²) in [5, 5.41) is 0. The largest absolute Gasteiger partial charge is 0.329 e. The molecule has 0 radical (unpaired) electrons. The molecule has 2 nitrogen and oxygen atoms in total. The van der Waals surface area contributed by atoms with Gasteiger partial charge in [-0.05, 0) is 38.3 Å². The Bertz CT molecular complexity index is 150. The summed E-state index contributed by atoms with van der Waals surface area (Å²) in [6, 6.07) is 0. The van der Waals surface area contributed by atoms with E-state index in [0.29, 0.717) is 5.54 Å². The van der Waals surface area contributed by atoms with E-state index in [9.17, 15) is 0 Å². The number of likely N-dealkylation sites (N-methyl/N-ethyl adjacent to an activating group) is 1. The first-order valence-corrected chi connectivity index (χ1v) is 4.76. The second kappa shape index (κ2) is 2.46. The summed E-state index contributed by atoms with van der Waals surface area (Å²) in [5.74, 6) is 1.02. The van der Waals surface area contributed by atoms with Gasteiger partial charge in [0.1, 0.15) is 0 Å². The van der Waals surface area contributed by atoms with Crippen LogP contribution in [0.3, 0.4) is 0 Å². The van der Waals surface area contributed by atoms with Gasteiger partial charge in [-0.15, -0.1) is 0 Å². The molecule has 3 fully saturated rings. The molecule has 1 aliphatic carbocycles. The highest BCUT2D eigenvalue weighted by atomic mass is 15.2. The normalized spacial score (nSPS) is 43.6. The van der Waals surface area contributed by atoms with Gasteiger partial charge in [-0.3, -0.25) is 4.90 Å². The van der Waals surface area contributed by atoms with E-state index in [0.717, 1.165) is 12.5 Å². The Morgan fingerprint density at radius 3 is 2.73 bits per heavy atom. The van der Waals surface area contributed by atoms with E-state index in [4.69, 9.17) is 5.73 Å². The predicted molar refractivity (Wildman–Crippen MR) is 46.4 cm³/mol. The Hall–Kier alpha value is -0.0800. The van der Waals surface area contributed by atoms with Gasteiger partial charge >= 0.3 is 0 Å². The molecule has 64 valence electrons. The van der Waals surface area contributed by atoms with Crippen molar-refractivity contribution in [2.75, 3.05) is 19.6 Å². The van der Waals surface area contributed by atoms with Gasteiger partial charge in [0.2, 0.25) is 0 Å². The van der Waals surface area contributed by atoms with E-state index in [1.807, 2.05) is 0 Å². The van der Waals surface area contributed by atoms with E-state index in [1.54, 1.807) is 0 Å². The van der Waals surface area contributed by atoms with Gasteiger partial charge in [0.15, 0.2) is 0 Å². The maximum absolute atomic E-state index is 5.80. The van der Waals surface area contributed by atoms with Crippen molar-refractivity contribution in [3.05, 3.63) is 0 Å². The standard InChI is InChI=1S/C9H18N2/c1-2-11-4-3-8-5-9(11,6-8)7-10/h8H,2-7,10H2,1H3. The third-order valence-electron chi connectivity index (χ3n) is 3.58. The van der Waals surface area contributed by atoms with Crippen LogP contribution in [-0.2, 0) is 0 Å². The molecule has 0 aromatic carbocycles. The Balaban J connectivity index is 2.07. The Labute approximate surface area is 68.7 Å². The number of rotatable bonds is 2.